The van der Waals surface area contributed by atoms with Gasteiger partial charge in [-0.3, -0.25) is 9.89 Å². The lowest BCUT2D eigenvalue weighted by Gasteiger charge is -2.36. The molecule has 2 aromatic rings. The molecule has 3 N–H and O–H groups in total. The van der Waals surface area contributed by atoms with Gasteiger partial charge in [-0.2, -0.15) is 0 Å². The molecule has 0 aromatic heterocycles. The number of nitrogens with zero attached hydrogens (tertiary/aromatic N) is 2. The second-order valence-corrected chi connectivity index (χ2v) is 8.21. The number of halogens is 1. The highest BCUT2D eigenvalue weighted by Crippen LogP contribution is 2.32. The molecule has 1 atom stereocenters. The summed E-state index contributed by atoms with van der Waals surface area (Å²) in [4.78, 5) is 7.23. The summed E-state index contributed by atoms with van der Waals surface area (Å²) in [6.07, 6.45) is 3.35. The molecular weight excluding hydrogens is 503 g/mol. The number of anilines is 1. The summed E-state index contributed by atoms with van der Waals surface area (Å²) in [6.45, 7) is 6.51. The van der Waals surface area contributed by atoms with Crippen LogP contribution in [0.5, 0.6) is 11.5 Å². The van der Waals surface area contributed by atoms with Crippen LogP contribution in [0.2, 0.25) is 0 Å². The van der Waals surface area contributed by atoms with Crippen LogP contribution in [0.4, 0.5) is 5.69 Å². The number of aliphatic imine (C=N–C) groups is 1. The van der Waals surface area contributed by atoms with Crippen LogP contribution < -0.4 is 20.5 Å². The average Bonchev–Trinajstić information content (AvgIpc) is 3.01. The molecule has 0 bridgehead atoms. The lowest BCUT2D eigenvalue weighted by atomic mass is 9.96. The minimum absolute atomic E-state index is 0. The summed E-state index contributed by atoms with van der Waals surface area (Å²) >= 11 is 0. The van der Waals surface area contributed by atoms with Crippen LogP contribution in [-0.4, -0.2) is 43.7 Å². The fraction of sp³-hybridized carbons (Fsp3) is 0.458. The molecule has 0 aliphatic carbocycles. The molecule has 1 saturated heterocycles. The van der Waals surface area contributed by atoms with E-state index in [0.29, 0.717) is 25.7 Å². The Balaban J connectivity index is 0.00000272. The molecule has 2 aliphatic rings. The van der Waals surface area contributed by atoms with Crippen LogP contribution in [0.15, 0.2) is 53.5 Å². The highest BCUT2D eigenvalue weighted by Gasteiger charge is 2.24. The Morgan fingerprint density at radius 2 is 1.81 bits per heavy atom. The molecule has 168 valence electrons. The second kappa shape index (κ2) is 11.6. The Morgan fingerprint density at radius 3 is 2.55 bits per heavy atom. The molecule has 31 heavy (non-hydrogen) atoms. The zero-order valence-corrected chi connectivity index (χ0v) is 20.5. The molecule has 0 radical (unpaired) electrons. The van der Waals surface area contributed by atoms with Crippen molar-refractivity contribution in [1.82, 2.24) is 4.90 Å². The van der Waals surface area contributed by atoms with E-state index in [-0.39, 0.29) is 30.0 Å². The topological polar surface area (TPSA) is 72.1 Å². The Morgan fingerprint density at radius 1 is 1.10 bits per heavy atom. The number of piperidine rings is 1. The molecule has 2 aromatic carbocycles. The van der Waals surface area contributed by atoms with E-state index in [9.17, 15) is 0 Å². The first-order chi connectivity index (χ1) is 14.7. The van der Waals surface area contributed by atoms with Crippen molar-refractivity contribution in [2.75, 3.05) is 38.2 Å². The van der Waals surface area contributed by atoms with Crippen molar-refractivity contribution >= 4 is 35.6 Å². The van der Waals surface area contributed by atoms with Crippen LogP contribution in [0.1, 0.15) is 37.8 Å². The number of ether oxygens (including phenoxy) is 2. The first-order valence-electron chi connectivity index (χ1n) is 10.9. The Hall–Kier alpha value is -2.00. The van der Waals surface area contributed by atoms with Gasteiger partial charge in [-0.1, -0.05) is 37.3 Å². The molecule has 1 fully saturated rings. The second-order valence-electron chi connectivity index (χ2n) is 8.21. The summed E-state index contributed by atoms with van der Waals surface area (Å²) in [7, 11) is 0. The largest absolute Gasteiger partial charge is 0.490 e. The fourth-order valence-corrected chi connectivity index (χ4v) is 4.06. The van der Waals surface area contributed by atoms with Crippen molar-refractivity contribution in [3.8, 4) is 11.5 Å². The number of fused-ring (bicyclic) bond motifs is 1. The summed E-state index contributed by atoms with van der Waals surface area (Å²) < 4.78 is 11.5. The summed E-state index contributed by atoms with van der Waals surface area (Å²) in [5.74, 6) is 2.73. The minimum atomic E-state index is 0. The van der Waals surface area contributed by atoms with Gasteiger partial charge in [-0.25, -0.2) is 0 Å². The quantitative estimate of drug-likeness (QED) is 0.330. The van der Waals surface area contributed by atoms with Crippen molar-refractivity contribution in [1.29, 1.82) is 0 Å². The molecule has 0 amide bonds. The zero-order valence-electron chi connectivity index (χ0n) is 18.1. The molecule has 6 nitrogen and oxygen atoms in total. The zero-order chi connectivity index (χ0) is 20.8. The molecular formula is C24H33IN4O2. The number of hydrogen-bond acceptors (Lipinski definition) is 4. The lowest BCUT2D eigenvalue weighted by Crippen LogP contribution is -2.38. The predicted octanol–water partition coefficient (Wildman–Crippen LogP) is 4.67. The minimum Gasteiger partial charge on any atom is -0.490 e. The monoisotopic (exact) mass is 536 g/mol. The van der Waals surface area contributed by atoms with E-state index in [4.69, 9.17) is 20.2 Å². The van der Waals surface area contributed by atoms with E-state index in [1.807, 2.05) is 18.2 Å². The van der Waals surface area contributed by atoms with E-state index in [1.165, 1.54) is 18.4 Å². The maximum absolute atomic E-state index is 6.24. The summed E-state index contributed by atoms with van der Waals surface area (Å²) in [6, 6.07) is 16.6. The SMILES string of the molecule is CC1CCN(C(CN=C(N)Nc2ccc3c(c2)OCCCO3)c2ccccc2)CC1.I. The van der Waals surface area contributed by atoms with E-state index in [2.05, 4.69) is 47.5 Å². The van der Waals surface area contributed by atoms with Crippen molar-refractivity contribution in [2.24, 2.45) is 16.6 Å². The van der Waals surface area contributed by atoms with Crippen LogP contribution >= 0.6 is 24.0 Å². The van der Waals surface area contributed by atoms with Gasteiger partial charge in [0.1, 0.15) is 0 Å². The standard InChI is InChI=1S/C24H32N4O2.HI/c1-18-10-12-28(13-11-18)21(19-6-3-2-4-7-19)17-26-24(25)27-20-8-9-22-23(16-20)30-15-5-14-29-22;/h2-4,6-9,16,18,21H,5,10-15,17H2,1H3,(H3,25,26,27);1H. The van der Waals surface area contributed by atoms with E-state index >= 15 is 0 Å². The molecule has 2 heterocycles. The van der Waals surface area contributed by atoms with Gasteiger partial charge in [0.15, 0.2) is 17.5 Å². The van der Waals surface area contributed by atoms with E-state index in [0.717, 1.165) is 42.6 Å². The molecule has 4 rings (SSSR count). The van der Waals surface area contributed by atoms with E-state index < -0.39 is 0 Å². The highest BCUT2D eigenvalue weighted by atomic mass is 127. The van der Waals surface area contributed by atoms with Crippen molar-refractivity contribution < 1.29 is 9.47 Å². The number of likely N-dealkylation sites (tertiary alicyclic amines) is 1. The molecule has 7 heteroatoms. The lowest BCUT2D eigenvalue weighted by molar-refractivity contribution is 0.141. The van der Waals surface area contributed by atoms with Gasteiger partial charge < -0.3 is 20.5 Å². The maximum atomic E-state index is 6.24. The van der Waals surface area contributed by atoms with Crippen molar-refractivity contribution in [3.05, 3.63) is 54.1 Å². The third-order valence-corrected chi connectivity index (χ3v) is 5.90. The molecule has 1 unspecified atom stereocenters. The molecule has 0 saturated carbocycles. The Kier molecular flexibility index (Phi) is 8.83. The first-order valence-corrected chi connectivity index (χ1v) is 10.9. The van der Waals surface area contributed by atoms with Gasteiger partial charge in [0.05, 0.1) is 25.8 Å². The van der Waals surface area contributed by atoms with Gasteiger partial charge in [0, 0.05) is 18.2 Å². The van der Waals surface area contributed by atoms with Gasteiger partial charge in [-0.05, 0) is 49.5 Å². The Labute approximate surface area is 202 Å². The smallest absolute Gasteiger partial charge is 0.193 e. The normalized spacial score (nSPS) is 18.5. The number of rotatable bonds is 5. The number of hydrogen-bond donors (Lipinski definition) is 2. The number of nitrogens with one attached hydrogen (secondary N) is 1. The molecule has 0 spiro atoms. The van der Waals surface area contributed by atoms with Crippen LogP contribution in [0, 0.1) is 5.92 Å². The number of guanidine groups is 1. The van der Waals surface area contributed by atoms with Gasteiger partial charge in [-0.15, -0.1) is 24.0 Å². The third-order valence-electron chi connectivity index (χ3n) is 5.90. The third kappa shape index (κ3) is 6.49. The van der Waals surface area contributed by atoms with Crippen LogP contribution in [0.25, 0.3) is 0 Å². The van der Waals surface area contributed by atoms with Gasteiger partial charge in [0.2, 0.25) is 0 Å². The van der Waals surface area contributed by atoms with E-state index in [1.54, 1.807) is 0 Å². The van der Waals surface area contributed by atoms with Crippen molar-refractivity contribution in [3.63, 3.8) is 0 Å². The number of nitrogens with two attached hydrogens (primary N) is 1. The summed E-state index contributed by atoms with van der Waals surface area (Å²) in [5, 5.41) is 3.20. The van der Waals surface area contributed by atoms with Gasteiger partial charge in [0.25, 0.3) is 0 Å². The maximum Gasteiger partial charge on any atom is 0.193 e. The Bertz CT molecular complexity index is 854. The van der Waals surface area contributed by atoms with Crippen molar-refractivity contribution in [2.45, 2.75) is 32.2 Å². The molecule has 2 aliphatic heterocycles. The average molecular weight is 536 g/mol. The fourth-order valence-electron chi connectivity index (χ4n) is 4.06. The number of benzene rings is 2. The summed E-state index contributed by atoms with van der Waals surface area (Å²) in [5.41, 5.74) is 8.38. The van der Waals surface area contributed by atoms with Gasteiger partial charge >= 0.3 is 0 Å². The van der Waals surface area contributed by atoms with Crippen LogP contribution in [-0.2, 0) is 0 Å². The van der Waals surface area contributed by atoms with Crippen LogP contribution in [0.3, 0.4) is 0 Å². The predicted molar refractivity (Wildman–Crippen MR) is 137 cm³/mol. The highest BCUT2D eigenvalue weighted by molar-refractivity contribution is 14.0. The first kappa shape index (κ1) is 23.7.